The van der Waals surface area contributed by atoms with Crippen molar-refractivity contribution in [2.45, 2.75) is 0 Å². The van der Waals surface area contributed by atoms with Crippen LogP contribution in [0.1, 0.15) is 20.7 Å². The molecule has 0 saturated heterocycles. The standard InChI is InChI=1S/C15H13N3O3/c16-6-8-21-13-4-2-1-3-12(13)18-14(19)10-5-7-17-9-11(10)15(18)20/h1-5,7,9H,6,8,16H2. The van der Waals surface area contributed by atoms with Crippen LogP contribution in [0.4, 0.5) is 5.69 Å². The average molecular weight is 283 g/mol. The summed E-state index contributed by atoms with van der Waals surface area (Å²) >= 11 is 0. The Balaban J connectivity index is 2.03. The molecule has 0 atom stereocenters. The number of carbonyl (C=O) groups is 2. The van der Waals surface area contributed by atoms with E-state index in [2.05, 4.69) is 4.98 Å². The number of para-hydroxylation sites is 2. The molecule has 6 nitrogen and oxygen atoms in total. The first-order chi connectivity index (χ1) is 10.2. The number of anilines is 1. The third-order valence-electron chi connectivity index (χ3n) is 3.17. The van der Waals surface area contributed by atoms with E-state index in [-0.39, 0.29) is 5.91 Å². The number of hydrogen-bond donors (Lipinski definition) is 1. The van der Waals surface area contributed by atoms with Crippen molar-refractivity contribution >= 4 is 17.5 Å². The molecule has 6 heteroatoms. The monoisotopic (exact) mass is 283 g/mol. The smallest absolute Gasteiger partial charge is 0.267 e. The number of nitrogens with two attached hydrogens (primary N) is 1. The molecule has 0 spiro atoms. The number of fused-ring (bicyclic) bond motifs is 1. The number of imide groups is 1. The number of nitrogens with zero attached hydrogens (tertiary/aromatic N) is 2. The van der Waals surface area contributed by atoms with Crippen molar-refractivity contribution in [3.8, 4) is 5.75 Å². The zero-order valence-corrected chi connectivity index (χ0v) is 11.2. The molecule has 106 valence electrons. The van der Waals surface area contributed by atoms with Gasteiger partial charge in [0.25, 0.3) is 11.8 Å². The van der Waals surface area contributed by atoms with E-state index in [1.54, 1.807) is 30.3 Å². The first-order valence-corrected chi connectivity index (χ1v) is 6.48. The van der Waals surface area contributed by atoms with Gasteiger partial charge in [0.15, 0.2) is 0 Å². The third kappa shape index (κ3) is 2.15. The van der Waals surface area contributed by atoms with E-state index < -0.39 is 5.91 Å². The predicted molar refractivity (Wildman–Crippen MR) is 76.4 cm³/mol. The largest absolute Gasteiger partial charge is 0.490 e. The van der Waals surface area contributed by atoms with E-state index >= 15 is 0 Å². The summed E-state index contributed by atoms with van der Waals surface area (Å²) in [6.07, 6.45) is 2.89. The summed E-state index contributed by atoms with van der Waals surface area (Å²) in [6, 6.07) is 8.42. The molecule has 0 radical (unpaired) electrons. The topological polar surface area (TPSA) is 85.5 Å². The van der Waals surface area contributed by atoms with Crippen LogP contribution in [-0.2, 0) is 0 Å². The molecule has 1 aromatic heterocycles. The van der Waals surface area contributed by atoms with Crippen LogP contribution in [0.15, 0.2) is 42.7 Å². The lowest BCUT2D eigenvalue weighted by molar-refractivity contribution is 0.0925. The number of pyridine rings is 1. The second-order valence-corrected chi connectivity index (χ2v) is 4.47. The normalized spacial score (nSPS) is 13.5. The lowest BCUT2D eigenvalue weighted by atomic mass is 10.2. The molecule has 1 aliphatic heterocycles. The predicted octanol–water partition coefficient (Wildman–Crippen LogP) is 1.22. The quantitative estimate of drug-likeness (QED) is 0.853. The van der Waals surface area contributed by atoms with Gasteiger partial charge in [-0.25, -0.2) is 4.90 Å². The van der Waals surface area contributed by atoms with E-state index in [9.17, 15) is 9.59 Å². The summed E-state index contributed by atoms with van der Waals surface area (Å²) < 4.78 is 5.51. The van der Waals surface area contributed by atoms with Crippen LogP contribution in [0.5, 0.6) is 5.75 Å². The fourth-order valence-corrected chi connectivity index (χ4v) is 2.24. The van der Waals surface area contributed by atoms with Gasteiger partial charge < -0.3 is 10.5 Å². The molecule has 1 aromatic carbocycles. The molecular formula is C15H13N3O3. The highest BCUT2D eigenvalue weighted by Gasteiger charge is 2.38. The number of ether oxygens (including phenoxy) is 1. The zero-order chi connectivity index (χ0) is 14.8. The highest BCUT2D eigenvalue weighted by molar-refractivity contribution is 6.34. The van der Waals surface area contributed by atoms with E-state index in [0.29, 0.717) is 35.7 Å². The summed E-state index contributed by atoms with van der Waals surface area (Å²) in [7, 11) is 0. The van der Waals surface area contributed by atoms with Crippen LogP contribution < -0.4 is 15.4 Å². The van der Waals surface area contributed by atoms with Gasteiger partial charge in [-0.2, -0.15) is 0 Å². The molecule has 0 bridgehead atoms. The van der Waals surface area contributed by atoms with Crippen LogP contribution in [-0.4, -0.2) is 29.9 Å². The Kier molecular flexibility index (Phi) is 3.37. The first-order valence-electron chi connectivity index (χ1n) is 6.48. The van der Waals surface area contributed by atoms with Crippen molar-refractivity contribution in [2.75, 3.05) is 18.1 Å². The Morgan fingerprint density at radius 2 is 1.86 bits per heavy atom. The summed E-state index contributed by atoms with van der Waals surface area (Å²) in [5, 5.41) is 0. The van der Waals surface area contributed by atoms with Crippen molar-refractivity contribution in [1.82, 2.24) is 4.98 Å². The van der Waals surface area contributed by atoms with Crippen molar-refractivity contribution in [1.29, 1.82) is 0 Å². The van der Waals surface area contributed by atoms with E-state index in [0.717, 1.165) is 4.90 Å². The SMILES string of the molecule is NCCOc1ccccc1N1C(=O)c2ccncc2C1=O. The minimum Gasteiger partial charge on any atom is -0.490 e. The average Bonchev–Trinajstić information content (AvgIpc) is 2.78. The number of hydrogen-bond acceptors (Lipinski definition) is 5. The van der Waals surface area contributed by atoms with Crippen LogP contribution >= 0.6 is 0 Å². The summed E-state index contributed by atoms with van der Waals surface area (Å²) in [4.78, 5) is 29.9. The molecule has 0 aliphatic carbocycles. The van der Waals surface area contributed by atoms with Gasteiger partial charge >= 0.3 is 0 Å². The maximum absolute atomic E-state index is 12.4. The van der Waals surface area contributed by atoms with Crippen molar-refractivity contribution in [2.24, 2.45) is 5.73 Å². The minimum atomic E-state index is -0.396. The third-order valence-corrected chi connectivity index (χ3v) is 3.17. The van der Waals surface area contributed by atoms with Gasteiger partial charge in [0.05, 0.1) is 16.8 Å². The molecule has 1 aliphatic rings. The van der Waals surface area contributed by atoms with Gasteiger partial charge in [0.2, 0.25) is 0 Å². The molecule has 2 aromatic rings. The van der Waals surface area contributed by atoms with Gasteiger partial charge in [-0.05, 0) is 18.2 Å². The zero-order valence-electron chi connectivity index (χ0n) is 11.2. The second kappa shape index (κ2) is 5.34. The summed E-state index contributed by atoms with van der Waals surface area (Å²) in [6.45, 7) is 0.655. The van der Waals surface area contributed by atoms with Crippen LogP contribution in [0.3, 0.4) is 0 Å². The number of rotatable bonds is 4. The Morgan fingerprint density at radius 3 is 2.62 bits per heavy atom. The van der Waals surface area contributed by atoms with Crippen LogP contribution in [0.2, 0.25) is 0 Å². The van der Waals surface area contributed by atoms with E-state index in [1.165, 1.54) is 12.4 Å². The lowest BCUT2D eigenvalue weighted by Gasteiger charge is -2.18. The number of carbonyl (C=O) groups excluding carboxylic acids is 2. The Bertz CT molecular complexity index is 680. The van der Waals surface area contributed by atoms with Gasteiger partial charge in [-0.3, -0.25) is 14.6 Å². The Labute approximate surface area is 121 Å². The molecule has 2 heterocycles. The minimum absolute atomic E-state index is 0.302. The number of aromatic nitrogens is 1. The van der Waals surface area contributed by atoms with Crippen molar-refractivity contribution in [3.63, 3.8) is 0 Å². The van der Waals surface area contributed by atoms with Crippen molar-refractivity contribution in [3.05, 3.63) is 53.9 Å². The lowest BCUT2D eigenvalue weighted by Crippen LogP contribution is -2.30. The van der Waals surface area contributed by atoms with Gasteiger partial charge in [-0.15, -0.1) is 0 Å². The van der Waals surface area contributed by atoms with Crippen molar-refractivity contribution < 1.29 is 14.3 Å². The molecule has 2 amide bonds. The maximum atomic E-state index is 12.4. The molecule has 2 N–H and O–H groups in total. The fraction of sp³-hybridized carbons (Fsp3) is 0.133. The van der Waals surface area contributed by atoms with Crippen LogP contribution in [0.25, 0.3) is 0 Å². The number of benzene rings is 1. The summed E-state index contributed by atoms with van der Waals surface area (Å²) in [5.74, 6) is -0.321. The fourth-order valence-electron chi connectivity index (χ4n) is 2.24. The molecule has 0 saturated carbocycles. The molecule has 0 unspecified atom stereocenters. The highest BCUT2D eigenvalue weighted by Crippen LogP contribution is 2.34. The molecular weight excluding hydrogens is 270 g/mol. The second-order valence-electron chi connectivity index (χ2n) is 4.47. The Morgan fingerprint density at radius 1 is 1.10 bits per heavy atom. The highest BCUT2D eigenvalue weighted by atomic mass is 16.5. The Hall–Kier alpha value is -2.73. The van der Waals surface area contributed by atoms with E-state index in [1.807, 2.05) is 0 Å². The first kappa shape index (κ1) is 13.3. The van der Waals surface area contributed by atoms with E-state index in [4.69, 9.17) is 10.5 Å². The molecule has 0 fully saturated rings. The summed E-state index contributed by atoms with van der Waals surface area (Å²) in [5.41, 5.74) is 6.49. The van der Waals surface area contributed by atoms with Gasteiger partial charge in [0, 0.05) is 18.9 Å². The van der Waals surface area contributed by atoms with Crippen LogP contribution in [0, 0.1) is 0 Å². The van der Waals surface area contributed by atoms with Gasteiger partial charge in [-0.1, -0.05) is 12.1 Å². The van der Waals surface area contributed by atoms with Gasteiger partial charge in [0.1, 0.15) is 12.4 Å². The maximum Gasteiger partial charge on any atom is 0.267 e. The number of amides is 2. The molecule has 21 heavy (non-hydrogen) atoms. The molecule has 3 rings (SSSR count).